The second kappa shape index (κ2) is 5.41. The van der Waals surface area contributed by atoms with Crippen LogP contribution in [-0.2, 0) is 0 Å². The molecule has 1 rings (SSSR count). The van der Waals surface area contributed by atoms with Gasteiger partial charge in [0.1, 0.15) is 5.82 Å². The maximum absolute atomic E-state index is 13.7. The van der Waals surface area contributed by atoms with Gasteiger partial charge in [0.2, 0.25) is 0 Å². The van der Waals surface area contributed by atoms with Gasteiger partial charge in [-0.25, -0.2) is 4.39 Å². The number of carbonyl (C=O) groups is 1. The molecule has 0 radical (unpaired) electrons. The molecule has 0 spiro atoms. The van der Waals surface area contributed by atoms with Gasteiger partial charge in [-0.1, -0.05) is 25.5 Å². The minimum Gasteiger partial charge on any atom is -0.329 e. The van der Waals surface area contributed by atoms with Crippen molar-refractivity contribution in [2.75, 3.05) is 6.54 Å². The molecule has 1 aromatic rings. The molecule has 2 nitrogen and oxygen atoms in total. The summed E-state index contributed by atoms with van der Waals surface area (Å²) < 4.78 is 13.7. The molecule has 17 heavy (non-hydrogen) atoms. The molecule has 0 bridgehead atoms. The molecule has 1 aromatic carbocycles. The van der Waals surface area contributed by atoms with E-state index in [2.05, 4.69) is 0 Å². The number of ketones is 1. The highest BCUT2D eigenvalue weighted by Gasteiger charge is 2.35. The lowest BCUT2D eigenvalue weighted by Gasteiger charge is -2.28. The van der Waals surface area contributed by atoms with Crippen LogP contribution in [0.4, 0.5) is 4.39 Å². The summed E-state index contributed by atoms with van der Waals surface area (Å²) >= 11 is 0. The Morgan fingerprint density at radius 1 is 1.35 bits per heavy atom. The van der Waals surface area contributed by atoms with Gasteiger partial charge in [0.25, 0.3) is 0 Å². The highest BCUT2D eigenvalue weighted by Crippen LogP contribution is 2.30. The van der Waals surface area contributed by atoms with Crippen LogP contribution in [0.2, 0.25) is 0 Å². The van der Waals surface area contributed by atoms with Gasteiger partial charge in [-0.3, -0.25) is 4.79 Å². The first-order valence-electron chi connectivity index (χ1n) is 6.01. The fourth-order valence-corrected chi connectivity index (χ4v) is 2.05. The molecule has 94 valence electrons. The fourth-order valence-electron chi connectivity index (χ4n) is 2.05. The minimum atomic E-state index is -0.630. The van der Waals surface area contributed by atoms with Crippen LogP contribution in [0.15, 0.2) is 18.2 Å². The highest BCUT2D eigenvalue weighted by molar-refractivity contribution is 6.01. The fraction of sp³-hybridized carbons (Fsp3) is 0.500. The molecule has 3 heteroatoms. The van der Waals surface area contributed by atoms with Gasteiger partial charge in [-0.2, -0.15) is 0 Å². The van der Waals surface area contributed by atoms with Crippen LogP contribution < -0.4 is 5.73 Å². The van der Waals surface area contributed by atoms with Gasteiger partial charge in [0.05, 0.1) is 5.56 Å². The molecule has 0 aliphatic rings. The van der Waals surface area contributed by atoms with Crippen molar-refractivity contribution in [2.24, 2.45) is 11.1 Å². The third-order valence-corrected chi connectivity index (χ3v) is 3.59. The first kappa shape index (κ1) is 13.8. The van der Waals surface area contributed by atoms with E-state index in [1.54, 1.807) is 12.1 Å². The van der Waals surface area contributed by atoms with E-state index in [-0.39, 0.29) is 17.9 Å². The first-order valence-corrected chi connectivity index (χ1v) is 6.01. The van der Waals surface area contributed by atoms with E-state index >= 15 is 0 Å². The number of benzene rings is 1. The van der Waals surface area contributed by atoms with Crippen molar-refractivity contribution in [1.29, 1.82) is 0 Å². The van der Waals surface area contributed by atoms with Crippen molar-refractivity contribution < 1.29 is 9.18 Å². The van der Waals surface area contributed by atoms with Crippen molar-refractivity contribution in [3.63, 3.8) is 0 Å². The summed E-state index contributed by atoms with van der Waals surface area (Å²) in [5, 5.41) is 0. The van der Waals surface area contributed by atoms with Gasteiger partial charge in [-0.15, -0.1) is 0 Å². The zero-order valence-corrected chi connectivity index (χ0v) is 10.7. The van der Waals surface area contributed by atoms with E-state index < -0.39 is 11.2 Å². The molecule has 0 aliphatic heterocycles. The van der Waals surface area contributed by atoms with Crippen LogP contribution in [0.3, 0.4) is 0 Å². The molecule has 0 unspecified atom stereocenters. The lowest BCUT2D eigenvalue weighted by atomic mass is 9.75. The third-order valence-electron chi connectivity index (χ3n) is 3.59. The van der Waals surface area contributed by atoms with Crippen molar-refractivity contribution in [1.82, 2.24) is 0 Å². The largest absolute Gasteiger partial charge is 0.329 e. The van der Waals surface area contributed by atoms with Crippen molar-refractivity contribution in [3.8, 4) is 0 Å². The van der Waals surface area contributed by atoms with Crippen LogP contribution in [0.1, 0.15) is 42.6 Å². The Morgan fingerprint density at radius 2 is 1.94 bits per heavy atom. The highest BCUT2D eigenvalue weighted by atomic mass is 19.1. The van der Waals surface area contributed by atoms with Gasteiger partial charge < -0.3 is 5.73 Å². The summed E-state index contributed by atoms with van der Waals surface area (Å²) in [6.45, 7) is 5.94. The lowest BCUT2D eigenvalue weighted by molar-refractivity contribution is 0.0782. The van der Waals surface area contributed by atoms with Crippen LogP contribution >= 0.6 is 0 Å². The van der Waals surface area contributed by atoms with Gasteiger partial charge in [-0.05, 0) is 31.9 Å². The normalized spacial score (nSPS) is 11.6. The van der Waals surface area contributed by atoms with E-state index in [4.69, 9.17) is 5.73 Å². The standard InChI is InChI=1S/C14H20FNO/c1-4-14(5-2,9-16)13(17)11-8-10(3)6-7-12(11)15/h6-8H,4-5,9,16H2,1-3H3. The number of carbonyl (C=O) groups excluding carboxylic acids is 1. The molecule has 0 amide bonds. The topological polar surface area (TPSA) is 43.1 Å². The Labute approximate surface area is 102 Å². The Bertz CT molecular complexity index is 402. The number of hydrogen-bond donors (Lipinski definition) is 1. The smallest absolute Gasteiger partial charge is 0.173 e. The zero-order valence-electron chi connectivity index (χ0n) is 10.7. The minimum absolute atomic E-state index is 0.166. The van der Waals surface area contributed by atoms with E-state index in [0.29, 0.717) is 12.8 Å². The second-order valence-corrected chi connectivity index (χ2v) is 4.50. The van der Waals surface area contributed by atoms with Crippen molar-refractivity contribution in [3.05, 3.63) is 35.1 Å². The average Bonchev–Trinajstić information content (AvgIpc) is 2.35. The number of Topliss-reactive ketones (excluding diaryl/α,β-unsaturated/α-hetero) is 1. The predicted molar refractivity (Wildman–Crippen MR) is 67.5 cm³/mol. The van der Waals surface area contributed by atoms with Crippen molar-refractivity contribution in [2.45, 2.75) is 33.6 Å². The van der Waals surface area contributed by atoms with Crippen LogP contribution in [0.5, 0.6) is 0 Å². The van der Waals surface area contributed by atoms with Gasteiger partial charge >= 0.3 is 0 Å². The second-order valence-electron chi connectivity index (χ2n) is 4.50. The number of halogens is 1. The van der Waals surface area contributed by atoms with Crippen LogP contribution in [0.25, 0.3) is 0 Å². The SMILES string of the molecule is CCC(CC)(CN)C(=O)c1cc(C)ccc1F. The molecule has 0 aromatic heterocycles. The quantitative estimate of drug-likeness (QED) is 0.800. The number of aryl methyl sites for hydroxylation is 1. The number of nitrogens with two attached hydrogens (primary N) is 1. The molecule has 0 heterocycles. The molecular formula is C14H20FNO. The van der Waals surface area contributed by atoms with Crippen LogP contribution in [0, 0.1) is 18.2 Å². The molecule has 2 N–H and O–H groups in total. The third kappa shape index (κ3) is 2.55. The van der Waals surface area contributed by atoms with E-state index in [1.807, 2.05) is 20.8 Å². The maximum Gasteiger partial charge on any atom is 0.173 e. The Morgan fingerprint density at radius 3 is 2.41 bits per heavy atom. The monoisotopic (exact) mass is 237 g/mol. The summed E-state index contributed by atoms with van der Waals surface area (Å²) in [5.41, 5.74) is 6.13. The van der Waals surface area contributed by atoms with E-state index in [0.717, 1.165) is 5.56 Å². The van der Waals surface area contributed by atoms with Gasteiger partial charge in [0.15, 0.2) is 5.78 Å². The molecule has 0 fully saturated rings. The summed E-state index contributed by atoms with van der Waals surface area (Å²) in [6.07, 6.45) is 1.26. The Kier molecular flexibility index (Phi) is 4.40. The molecular weight excluding hydrogens is 217 g/mol. The number of hydrogen-bond acceptors (Lipinski definition) is 2. The van der Waals surface area contributed by atoms with E-state index in [1.165, 1.54) is 6.07 Å². The zero-order chi connectivity index (χ0) is 13.1. The van der Waals surface area contributed by atoms with E-state index in [9.17, 15) is 9.18 Å². The van der Waals surface area contributed by atoms with Gasteiger partial charge in [0, 0.05) is 12.0 Å². The Balaban J connectivity index is 3.23. The summed E-state index contributed by atoms with van der Waals surface area (Å²) in [4.78, 5) is 12.4. The maximum atomic E-state index is 13.7. The Hall–Kier alpha value is -1.22. The summed E-state index contributed by atoms with van der Waals surface area (Å²) in [5.74, 6) is -0.633. The van der Waals surface area contributed by atoms with Crippen LogP contribution in [-0.4, -0.2) is 12.3 Å². The molecule has 0 atom stereocenters. The van der Waals surface area contributed by atoms with Crippen molar-refractivity contribution >= 4 is 5.78 Å². The first-order chi connectivity index (χ1) is 8.00. The predicted octanol–water partition coefficient (Wildman–Crippen LogP) is 3.08. The molecule has 0 saturated carbocycles. The summed E-state index contributed by atoms with van der Waals surface area (Å²) in [7, 11) is 0. The number of rotatable bonds is 5. The lowest BCUT2D eigenvalue weighted by Crippen LogP contribution is -2.38. The summed E-state index contributed by atoms with van der Waals surface area (Å²) in [6, 6.07) is 4.61. The average molecular weight is 237 g/mol. The molecule has 0 aliphatic carbocycles. The molecule has 0 saturated heterocycles.